The quantitative estimate of drug-likeness (QED) is 0.579. The molecule has 3 heterocycles. The Bertz CT molecular complexity index is 1210. The third-order valence-corrected chi connectivity index (χ3v) is 4.35. The summed E-state index contributed by atoms with van der Waals surface area (Å²) < 4.78 is 6.67. The predicted octanol–water partition coefficient (Wildman–Crippen LogP) is 3.99. The summed E-state index contributed by atoms with van der Waals surface area (Å²) >= 11 is 6.11. The van der Waals surface area contributed by atoms with Gasteiger partial charge in [-0.25, -0.2) is 14.3 Å². The lowest BCUT2D eigenvalue weighted by molar-refractivity contribution is 0.437. The van der Waals surface area contributed by atoms with Crippen LogP contribution in [0.5, 0.6) is 5.75 Å². The first-order valence-electron chi connectivity index (χ1n) is 7.90. The van der Waals surface area contributed by atoms with Crippen molar-refractivity contribution in [2.45, 2.75) is 13.8 Å². The summed E-state index contributed by atoms with van der Waals surface area (Å²) in [6.45, 7) is 3.45. The van der Waals surface area contributed by atoms with Crippen molar-refractivity contribution in [2.75, 3.05) is 0 Å². The molecule has 0 bridgehead atoms. The average molecular weight is 368 g/mol. The number of nitrogens with zero attached hydrogens (tertiary/aromatic N) is 3. The predicted molar refractivity (Wildman–Crippen MR) is 98.5 cm³/mol. The van der Waals surface area contributed by atoms with Crippen LogP contribution in [0.3, 0.4) is 0 Å². The molecule has 26 heavy (non-hydrogen) atoms. The van der Waals surface area contributed by atoms with Crippen molar-refractivity contribution in [3.8, 4) is 28.1 Å². The monoisotopic (exact) mass is 367 g/mol. The van der Waals surface area contributed by atoms with E-state index >= 15 is 0 Å². The smallest absolute Gasteiger partial charge is 0.349 e. The van der Waals surface area contributed by atoms with Crippen LogP contribution in [-0.2, 0) is 0 Å². The van der Waals surface area contributed by atoms with Crippen LogP contribution < -0.4 is 5.63 Å². The van der Waals surface area contributed by atoms with Gasteiger partial charge in [-0.15, -0.1) is 0 Å². The Morgan fingerprint density at radius 3 is 2.69 bits per heavy atom. The zero-order valence-electron chi connectivity index (χ0n) is 14.0. The molecule has 0 saturated carbocycles. The summed E-state index contributed by atoms with van der Waals surface area (Å²) in [5, 5.41) is 15.4. The fourth-order valence-electron chi connectivity index (χ4n) is 3.05. The van der Waals surface area contributed by atoms with Crippen LogP contribution in [0.15, 0.2) is 51.8 Å². The van der Waals surface area contributed by atoms with Gasteiger partial charge >= 0.3 is 5.63 Å². The van der Waals surface area contributed by atoms with E-state index in [1.807, 2.05) is 25.1 Å². The minimum atomic E-state index is -0.632. The summed E-state index contributed by atoms with van der Waals surface area (Å²) in [5.74, 6) is 0.168. The van der Waals surface area contributed by atoms with Crippen molar-refractivity contribution in [1.82, 2.24) is 14.6 Å². The molecule has 0 unspecified atom stereocenters. The normalized spacial score (nSPS) is 11.2. The molecule has 0 radical (unpaired) electrons. The maximum Gasteiger partial charge on any atom is 0.349 e. The van der Waals surface area contributed by atoms with Crippen LogP contribution in [0.1, 0.15) is 11.5 Å². The van der Waals surface area contributed by atoms with Gasteiger partial charge in [-0.2, -0.15) is 5.10 Å². The summed E-state index contributed by atoms with van der Waals surface area (Å²) in [4.78, 5) is 16.7. The molecule has 6 nitrogen and oxygen atoms in total. The van der Waals surface area contributed by atoms with E-state index in [9.17, 15) is 9.90 Å². The lowest BCUT2D eigenvalue weighted by atomic mass is 10.1. The first kappa shape index (κ1) is 16.4. The third-order valence-electron chi connectivity index (χ3n) is 4.12. The van der Waals surface area contributed by atoms with Crippen LogP contribution in [-0.4, -0.2) is 19.7 Å². The summed E-state index contributed by atoms with van der Waals surface area (Å²) in [6.07, 6.45) is 1.57. The van der Waals surface area contributed by atoms with Gasteiger partial charge in [0.05, 0.1) is 11.4 Å². The summed E-state index contributed by atoms with van der Waals surface area (Å²) in [5.41, 5.74) is 2.78. The molecular weight excluding hydrogens is 354 g/mol. The standard InChI is InChI=1S/C19H14ClN3O3/c1-10-8-15(24)17(19(25)26-10)14-6-7-21-18-16(11(2)22-23(14)18)12-4-3-5-13(20)9-12/h3-9,24H,1-2H3. The second-order valence-corrected chi connectivity index (χ2v) is 6.38. The number of rotatable bonds is 2. The van der Waals surface area contributed by atoms with Gasteiger partial charge in [-0.3, -0.25) is 0 Å². The number of hydrogen-bond donors (Lipinski definition) is 1. The highest BCUT2D eigenvalue weighted by atomic mass is 35.5. The molecule has 0 amide bonds. The Labute approximate surface area is 153 Å². The minimum Gasteiger partial charge on any atom is -0.507 e. The van der Waals surface area contributed by atoms with Crippen LogP contribution in [0.2, 0.25) is 5.02 Å². The van der Waals surface area contributed by atoms with Crippen molar-refractivity contribution in [3.05, 3.63) is 69.5 Å². The van der Waals surface area contributed by atoms with Gasteiger partial charge < -0.3 is 9.52 Å². The molecule has 0 aliphatic carbocycles. The molecule has 1 aromatic carbocycles. The zero-order chi connectivity index (χ0) is 18.4. The van der Waals surface area contributed by atoms with Gasteiger partial charge in [0, 0.05) is 22.8 Å². The Morgan fingerprint density at radius 1 is 1.15 bits per heavy atom. The van der Waals surface area contributed by atoms with Gasteiger partial charge in [0.1, 0.15) is 17.1 Å². The Hall–Kier alpha value is -3.12. The number of benzene rings is 1. The fourth-order valence-corrected chi connectivity index (χ4v) is 3.24. The number of hydrogen-bond acceptors (Lipinski definition) is 5. The number of halogens is 1. The lowest BCUT2D eigenvalue weighted by Crippen LogP contribution is -2.08. The minimum absolute atomic E-state index is 0.0446. The Kier molecular flexibility index (Phi) is 3.77. The molecule has 1 N–H and O–H groups in total. The average Bonchev–Trinajstić information content (AvgIpc) is 2.90. The number of aryl methyl sites for hydroxylation is 2. The third kappa shape index (κ3) is 2.55. The molecule has 0 saturated heterocycles. The Morgan fingerprint density at radius 2 is 1.96 bits per heavy atom. The zero-order valence-corrected chi connectivity index (χ0v) is 14.8. The van der Waals surface area contributed by atoms with E-state index in [-0.39, 0.29) is 11.3 Å². The second-order valence-electron chi connectivity index (χ2n) is 5.94. The van der Waals surface area contributed by atoms with Gasteiger partial charge in [-0.1, -0.05) is 23.7 Å². The first-order valence-corrected chi connectivity index (χ1v) is 8.28. The highest BCUT2D eigenvalue weighted by Crippen LogP contribution is 2.32. The van der Waals surface area contributed by atoms with Crippen molar-refractivity contribution in [2.24, 2.45) is 0 Å². The first-order chi connectivity index (χ1) is 12.5. The molecule has 0 atom stereocenters. The van der Waals surface area contributed by atoms with Crippen LogP contribution in [0.4, 0.5) is 0 Å². The molecule has 0 aliphatic heterocycles. The van der Waals surface area contributed by atoms with Crippen molar-refractivity contribution in [1.29, 1.82) is 0 Å². The number of aromatic hydroxyl groups is 1. The van der Waals surface area contributed by atoms with E-state index in [1.54, 1.807) is 25.3 Å². The molecule has 0 fully saturated rings. The molecule has 7 heteroatoms. The van der Waals surface area contributed by atoms with E-state index in [0.717, 1.165) is 16.8 Å². The van der Waals surface area contributed by atoms with Gasteiger partial charge in [-0.05, 0) is 37.6 Å². The second kappa shape index (κ2) is 6.00. The van der Waals surface area contributed by atoms with E-state index in [1.165, 1.54) is 10.6 Å². The van der Waals surface area contributed by atoms with Gasteiger partial charge in [0.15, 0.2) is 5.65 Å². The van der Waals surface area contributed by atoms with Crippen molar-refractivity contribution >= 4 is 17.2 Å². The fraction of sp³-hybridized carbons (Fsp3) is 0.105. The van der Waals surface area contributed by atoms with Gasteiger partial charge in [0.25, 0.3) is 0 Å². The Balaban J connectivity index is 2.04. The highest BCUT2D eigenvalue weighted by Gasteiger charge is 2.20. The maximum atomic E-state index is 12.3. The molecule has 0 aliphatic rings. The number of aromatic nitrogens is 3. The topological polar surface area (TPSA) is 80.6 Å². The maximum absolute atomic E-state index is 12.3. The van der Waals surface area contributed by atoms with Crippen molar-refractivity contribution < 1.29 is 9.52 Å². The van der Waals surface area contributed by atoms with E-state index in [2.05, 4.69) is 10.1 Å². The SMILES string of the molecule is Cc1cc(O)c(-c2ccnc3c(-c4cccc(Cl)c4)c(C)nn23)c(=O)o1. The molecule has 4 rings (SSSR count). The molecule has 4 aromatic rings. The summed E-state index contributed by atoms with van der Waals surface area (Å²) in [7, 11) is 0. The lowest BCUT2D eigenvalue weighted by Gasteiger charge is -2.06. The van der Waals surface area contributed by atoms with Crippen LogP contribution in [0.25, 0.3) is 28.0 Å². The molecule has 3 aromatic heterocycles. The largest absolute Gasteiger partial charge is 0.507 e. The highest BCUT2D eigenvalue weighted by molar-refractivity contribution is 6.30. The molecule has 130 valence electrons. The van der Waals surface area contributed by atoms with Gasteiger partial charge in [0.2, 0.25) is 0 Å². The van der Waals surface area contributed by atoms with E-state index in [0.29, 0.717) is 22.1 Å². The van der Waals surface area contributed by atoms with Crippen LogP contribution in [0, 0.1) is 13.8 Å². The molecular formula is C19H14ClN3O3. The van der Waals surface area contributed by atoms with E-state index in [4.69, 9.17) is 16.0 Å². The van der Waals surface area contributed by atoms with Crippen molar-refractivity contribution in [3.63, 3.8) is 0 Å². The van der Waals surface area contributed by atoms with E-state index < -0.39 is 5.63 Å². The van der Waals surface area contributed by atoms with Crippen LogP contribution >= 0.6 is 11.6 Å². The number of fused-ring (bicyclic) bond motifs is 1. The molecule has 0 spiro atoms. The summed E-state index contributed by atoms with van der Waals surface area (Å²) in [6, 6.07) is 10.4.